The highest BCUT2D eigenvalue weighted by Gasteiger charge is 2.06. The van der Waals surface area contributed by atoms with Crippen LogP contribution < -0.4 is 0 Å². The molecule has 0 aliphatic carbocycles. The molecule has 0 bridgehead atoms. The largest absolute Gasteiger partial charge is 0.212 e. The Morgan fingerprint density at radius 1 is 1.04 bits per heavy atom. The molecule has 0 aliphatic heterocycles. The van der Waals surface area contributed by atoms with Crippen LogP contribution in [0, 0.1) is 0 Å². The molecule has 0 unspecified atom stereocenters. The molecule has 4 nitrogen and oxygen atoms in total. The van der Waals surface area contributed by atoms with Crippen LogP contribution in [0.15, 0.2) is 59.0 Å². The van der Waals surface area contributed by atoms with E-state index in [4.69, 9.17) is 34.8 Å². The van der Waals surface area contributed by atoms with Crippen molar-refractivity contribution >= 4 is 52.8 Å². The molecule has 24 heavy (non-hydrogen) atoms. The van der Waals surface area contributed by atoms with Gasteiger partial charge in [-0.25, -0.2) is 0 Å². The molecule has 0 saturated carbocycles. The van der Waals surface area contributed by atoms with Crippen molar-refractivity contribution in [2.24, 2.45) is 5.10 Å². The third kappa shape index (κ3) is 4.30. The maximum Gasteiger partial charge on any atom is 0.212 e. The van der Waals surface area contributed by atoms with Gasteiger partial charge in [-0.3, -0.25) is 0 Å². The van der Waals surface area contributed by atoms with Crippen LogP contribution in [0.1, 0.15) is 11.1 Å². The lowest BCUT2D eigenvalue weighted by atomic mass is 10.2. The molecule has 1 aromatic heterocycles. The Kier molecular flexibility index (Phi) is 5.79. The normalized spacial score (nSPS) is 11.3. The second-order valence-electron chi connectivity index (χ2n) is 4.76. The fourth-order valence-corrected chi connectivity index (χ4v) is 3.33. The fourth-order valence-electron chi connectivity index (χ4n) is 1.87. The molecule has 0 spiro atoms. The summed E-state index contributed by atoms with van der Waals surface area (Å²) in [5, 5.41) is 14.7. The van der Waals surface area contributed by atoms with Crippen molar-refractivity contribution in [2.45, 2.75) is 10.9 Å². The molecule has 1 heterocycles. The standard InChI is InChI=1S/C16H11Cl3N4S/c17-13-4-2-1-3-12(13)9-24-16-22-20-10-23(16)21-8-11-5-6-14(18)15(19)7-11/h1-8,10H,9H2/b21-8+. The Bertz CT molecular complexity index is 879. The van der Waals surface area contributed by atoms with Gasteiger partial charge in [-0.2, -0.15) is 9.78 Å². The van der Waals surface area contributed by atoms with E-state index in [1.165, 1.54) is 11.8 Å². The minimum Gasteiger partial charge on any atom is -0.195 e. The molecule has 0 N–H and O–H groups in total. The molecule has 2 aromatic carbocycles. The zero-order valence-corrected chi connectivity index (χ0v) is 15.3. The second-order valence-corrected chi connectivity index (χ2v) is 6.92. The van der Waals surface area contributed by atoms with E-state index in [9.17, 15) is 0 Å². The molecule has 122 valence electrons. The Balaban J connectivity index is 1.72. The van der Waals surface area contributed by atoms with Crippen molar-refractivity contribution < 1.29 is 0 Å². The smallest absolute Gasteiger partial charge is 0.195 e. The van der Waals surface area contributed by atoms with Gasteiger partial charge in [0.15, 0.2) is 0 Å². The van der Waals surface area contributed by atoms with Gasteiger partial charge in [0, 0.05) is 10.8 Å². The minimum atomic E-state index is 0.484. The number of hydrogen-bond acceptors (Lipinski definition) is 4. The molecule has 3 rings (SSSR count). The highest BCUT2D eigenvalue weighted by molar-refractivity contribution is 7.98. The highest BCUT2D eigenvalue weighted by atomic mass is 35.5. The van der Waals surface area contributed by atoms with Crippen molar-refractivity contribution in [2.75, 3.05) is 0 Å². The van der Waals surface area contributed by atoms with E-state index in [2.05, 4.69) is 15.3 Å². The van der Waals surface area contributed by atoms with Crippen LogP contribution in [-0.4, -0.2) is 21.1 Å². The first-order valence-corrected chi connectivity index (χ1v) is 9.01. The van der Waals surface area contributed by atoms with Gasteiger partial charge in [0.2, 0.25) is 5.16 Å². The fraction of sp³-hybridized carbons (Fsp3) is 0.0625. The number of hydrogen-bond donors (Lipinski definition) is 0. The van der Waals surface area contributed by atoms with Gasteiger partial charge in [0.05, 0.1) is 16.3 Å². The SMILES string of the molecule is Clc1ccc(/C=N/n2cnnc2SCc2ccccc2Cl)cc1Cl. The topological polar surface area (TPSA) is 43.1 Å². The van der Waals surface area contributed by atoms with Gasteiger partial charge in [0.1, 0.15) is 6.33 Å². The van der Waals surface area contributed by atoms with E-state index in [0.717, 1.165) is 16.1 Å². The first kappa shape index (κ1) is 17.3. The molecule has 0 fully saturated rings. The van der Waals surface area contributed by atoms with E-state index in [-0.39, 0.29) is 0 Å². The van der Waals surface area contributed by atoms with Crippen molar-refractivity contribution in [3.05, 3.63) is 75.0 Å². The van der Waals surface area contributed by atoms with Crippen LogP contribution in [0.5, 0.6) is 0 Å². The lowest BCUT2D eigenvalue weighted by Crippen LogP contribution is -1.93. The summed E-state index contributed by atoms with van der Waals surface area (Å²) >= 11 is 19.6. The van der Waals surface area contributed by atoms with Crippen LogP contribution in [0.25, 0.3) is 0 Å². The van der Waals surface area contributed by atoms with Crippen molar-refractivity contribution in [3.8, 4) is 0 Å². The Hall–Kier alpha value is -1.53. The van der Waals surface area contributed by atoms with Crippen molar-refractivity contribution in [1.82, 2.24) is 14.9 Å². The number of nitrogens with zero attached hydrogens (tertiary/aromatic N) is 4. The summed E-state index contributed by atoms with van der Waals surface area (Å²) in [4.78, 5) is 0. The Labute approximate surface area is 158 Å². The third-order valence-corrected chi connectivity index (χ3v) is 5.18. The molecule has 0 radical (unpaired) electrons. The average molecular weight is 398 g/mol. The monoisotopic (exact) mass is 396 g/mol. The maximum absolute atomic E-state index is 6.16. The summed E-state index contributed by atoms with van der Waals surface area (Å²) in [5.74, 6) is 0.681. The molecule has 0 saturated heterocycles. The Morgan fingerprint density at radius 3 is 2.67 bits per heavy atom. The van der Waals surface area contributed by atoms with Crippen LogP contribution in [0.4, 0.5) is 0 Å². The molecular formula is C16H11Cl3N4S. The van der Waals surface area contributed by atoms with E-state index < -0.39 is 0 Å². The summed E-state index contributed by atoms with van der Waals surface area (Å²) < 4.78 is 1.60. The van der Waals surface area contributed by atoms with Crippen molar-refractivity contribution in [3.63, 3.8) is 0 Å². The molecule has 0 amide bonds. The van der Waals surface area contributed by atoms with Crippen molar-refractivity contribution in [1.29, 1.82) is 0 Å². The first-order chi connectivity index (χ1) is 11.6. The van der Waals surface area contributed by atoms with Crippen LogP contribution >= 0.6 is 46.6 Å². The van der Waals surface area contributed by atoms with E-state index >= 15 is 0 Å². The Morgan fingerprint density at radius 2 is 1.88 bits per heavy atom. The van der Waals surface area contributed by atoms with Crippen LogP contribution in [0.3, 0.4) is 0 Å². The number of rotatable bonds is 5. The van der Waals surface area contributed by atoms with Gasteiger partial charge >= 0.3 is 0 Å². The number of thioether (sulfide) groups is 1. The highest BCUT2D eigenvalue weighted by Crippen LogP contribution is 2.25. The zero-order chi connectivity index (χ0) is 16.9. The predicted octanol–water partition coefficient (Wildman–Crippen LogP) is 5.41. The number of aromatic nitrogens is 3. The lowest BCUT2D eigenvalue weighted by molar-refractivity contribution is 0.767. The van der Waals surface area contributed by atoms with Gasteiger partial charge in [-0.15, -0.1) is 10.2 Å². The second kappa shape index (κ2) is 8.03. The summed E-state index contributed by atoms with van der Waals surface area (Å²) in [6.07, 6.45) is 3.22. The molecule has 3 aromatic rings. The van der Waals surface area contributed by atoms with E-state index in [1.54, 1.807) is 29.4 Å². The minimum absolute atomic E-state index is 0.484. The molecule has 0 aliphatic rings. The van der Waals surface area contributed by atoms with Gasteiger partial charge in [-0.1, -0.05) is 70.8 Å². The molecular weight excluding hydrogens is 387 g/mol. The summed E-state index contributed by atoms with van der Waals surface area (Å²) in [6.45, 7) is 0. The van der Waals surface area contributed by atoms with Gasteiger partial charge in [0.25, 0.3) is 0 Å². The summed E-state index contributed by atoms with van der Waals surface area (Å²) in [7, 11) is 0. The quantitative estimate of drug-likeness (QED) is 0.427. The maximum atomic E-state index is 6.16. The van der Waals surface area contributed by atoms with Crippen LogP contribution in [0.2, 0.25) is 15.1 Å². The summed E-state index contributed by atoms with van der Waals surface area (Å²) in [5.41, 5.74) is 1.87. The van der Waals surface area contributed by atoms with Gasteiger partial charge in [-0.05, 0) is 29.3 Å². The summed E-state index contributed by atoms with van der Waals surface area (Å²) in [6, 6.07) is 13.0. The number of halogens is 3. The third-order valence-electron chi connectivity index (χ3n) is 3.09. The number of benzene rings is 2. The predicted molar refractivity (Wildman–Crippen MR) is 100 cm³/mol. The van der Waals surface area contributed by atoms with Gasteiger partial charge < -0.3 is 0 Å². The van der Waals surface area contributed by atoms with E-state index in [0.29, 0.717) is 21.0 Å². The van der Waals surface area contributed by atoms with E-state index in [1.807, 2.05) is 30.3 Å². The zero-order valence-electron chi connectivity index (χ0n) is 12.2. The molecule has 8 heteroatoms. The molecule has 0 atom stereocenters. The average Bonchev–Trinajstić information content (AvgIpc) is 3.03. The van der Waals surface area contributed by atoms with Crippen LogP contribution in [-0.2, 0) is 5.75 Å². The lowest BCUT2D eigenvalue weighted by Gasteiger charge is -2.03. The first-order valence-electron chi connectivity index (χ1n) is 6.89.